The van der Waals surface area contributed by atoms with E-state index in [0.29, 0.717) is 11.3 Å². The number of amides is 1. The van der Waals surface area contributed by atoms with Crippen molar-refractivity contribution < 1.29 is 4.79 Å². The number of carbonyl (C=O) groups excluding carboxylic acids is 1. The highest BCUT2D eigenvalue weighted by atomic mass is 79.9. The van der Waals surface area contributed by atoms with Crippen LogP contribution in [0.15, 0.2) is 40.2 Å². The third-order valence-electron chi connectivity index (χ3n) is 3.80. The molecule has 2 N–H and O–H groups in total. The largest absolute Gasteiger partial charge is 0.399 e. The van der Waals surface area contributed by atoms with Gasteiger partial charge in [0.25, 0.3) is 5.91 Å². The Hall–Kier alpha value is -1.37. The fourth-order valence-electron chi connectivity index (χ4n) is 2.62. The van der Waals surface area contributed by atoms with Gasteiger partial charge < -0.3 is 10.6 Å². The molecule has 2 aromatic rings. The van der Waals surface area contributed by atoms with Gasteiger partial charge in [-0.15, -0.1) is 11.3 Å². The van der Waals surface area contributed by atoms with Crippen molar-refractivity contribution in [2.24, 2.45) is 0 Å². The number of halogens is 1. The minimum absolute atomic E-state index is 0.0748. The first-order chi connectivity index (χ1) is 10.6. The number of nitrogen functional groups attached to an aromatic ring is 1. The molecule has 3 rings (SSSR count). The van der Waals surface area contributed by atoms with Gasteiger partial charge in [0.2, 0.25) is 0 Å². The summed E-state index contributed by atoms with van der Waals surface area (Å²) in [4.78, 5) is 18.1. The Balaban J connectivity index is 1.56. The maximum Gasteiger partial charge on any atom is 0.254 e. The Morgan fingerprint density at radius 1 is 1.18 bits per heavy atom. The maximum absolute atomic E-state index is 12.5. The second-order valence-electron chi connectivity index (χ2n) is 5.40. The summed E-state index contributed by atoms with van der Waals surface area (Å²) in [5.41, 5.74) is 7.06. The van der Waals surface area contributed by atoms with Gasteiger partial charge in [-0.2, -0.15) is 0 Å². The SMILES string of the molecule is Nc1cccc(C(=O)N2CCN(Cc3ccc(Br)s3)CC2)c1. The number of hydrogen-bond donors (Lipinski definition) is 1. The summed E-state index contributed by atoms with van der Waals surface area (Å²) in [6, 6.07) is 11.4. The van der Waals surface area contributed by atoms with Gasteiger partial charge in [0.05, 0.1) is 3.79 Å². The van der Waals surface area contributed by atoms with Crippen LogP contribution in [0.4, 0.5) is 5.69 Å². The van der Waals surface area contributed by atoms with Gasteiger partial charge in [-0.1, -0.05) is 6.07 Å². The Bertz CT molecular complexity index is 665. The topological polar surface area (TPSA) is 49.6 Å². The second kappa shape index (κ2) is 6.81. The monoisotopic (exact) mass is 379 g/mol. The van der Waals surface area contributed by atoms with E-state index in [9.17, 15) is 4.79 Å². The van der Waals surface area contributed by atoms with Crippen LogP contribution in [-0.2, 0) is 6.54 Å². The summed E-state index contributed by atoms with van der Waals surface area (Å²) in [5.74, 6) is 0.0748. The minimum Gasteiger partial charge on any atom is -0.399 e. The first-order valence-electron chi connectivity index (χ1n) is 7.23. The normalized spacial score (nSPS) is 16.0. The van der Waals surface area contributed by atoms with Gasteiger partial charge >= 0.3 is 0 Å². The fourth-order valence-corrected chi connectivity index (χ4v) is 4.15. The summed E-state index contributed by atoms with van der Waals surface area (Å²) in [7, 11) is 0. The summed E-state index contributed by atoms with van der Waals surface area (Å²) < 4.78 is 1.16. The molecule has 0 aliphatic carbocycles. The molecule has 0 unspecified atom stereocenters. The number of carbonyl (C=O) groups is 1. The van der Waals surface area contributed by atoms with E-state index in [1.54, 1.807) is 23.5 Å². The van der Waals surface area contributed by atoms with Crippen molar-refractivity contribution in [3.05, 3.63) is 50.6 Å². The lowest BCUT2D eigenvalue weighted by atomic mass is 10.1. The molecule has 1 fully saturated rings. The van der Waals surface area contributed by atoms with Crippen LogP contribution < -0.4 is 5.73 Å². The molecule has 6 heteroatoms. The highest BCUT2D eigenvalue weighted by molar-refractivity contribution is 9.11. The van der Waals surface area contributed by atoms with Gasteiger partial charge in [-0.25, -0.2) is 0 Å². The number of nitrogens with zero attached hydrogens (tertiary/aromatic N) is 2. The molecule has 1 aromatic heterocycles. The molecule has 0 bridgehead atoms. The molecule has 4 nitrogen and oxygen atoms in total. The Labute approximate surface area is 142 Å². The number of rotatable bonds is 3. The van der Waals surface area contributed by atoms with Crippen molar-refractivity contribution in [3.8, 4) is 0 Å². The average Bonchev–Trinajstić information content (AvgIpc) is 2.92. The molecule has 0 radical (unpaired) electrons. The molecule has 116 valence electrons. The quantitative estimate of drug-likeness (QED) is 0.833. The lowest BCUT2D eigenvalue weighted by molar-refractivity contribution is 0.0629. The number of hydrogen-bond acceptors (Lipinski definition) is 4. The van der Waals surface area contributed by atoms with Gasteiger partial charge in [-0.3, -0.25) is 9.69 Å². The molecular weight excluding hydrogens is 362 g/mol. The van der Waals surface area contributed by atoms with Crippen LogP contribution >= 0.6 is 27.3 Å². The third kappa shape index (κ3) is 3.69. The number of piperazine rings is 1. The summed E-state index contributed by atoms with van der Waals surface area (Å²) in [6.07, 6.45) is 0. The zero-order chi connectivity index (χ0) is 15.5. The van der Waals surface area contributed by atoms with E-state index in [1.165, 1.54) is 4.88 Å². The van der Waals surface area contributed by atoms with Crippen LogP contribution in [-0.4, -0.2) is 41.9 Å². The minimum atomic E-state index is 0.0748. The van der Waals surface area contributed by atoms with Crippen LogP contribution in [0, 0.1) is 0 Å². The number of thiophene rings is 1. The highest BCUT2D eigenvalue weighted by Gasteiger charge is 2.22. The molecular formula is C16H18BrN3OS. The van der Waals surface area contributed by atoms with Crippen molar-refractivity contribution >= 4 is 38.9 Å². The van der Waals surface area contributed by atoms with E-state index < -0.39 is 0 Å². The Morgan fingerprint density at radius 3 is 2.59 bits per heavy atom. The Morgan fingerprint density at radius 2 is 1.95 bits per heavy atom. The van der Waals surface area contributed by atoms with Crippen LogP contribution in [0.5, 0.6) is 0 Å². The van der Waals surface area contributed by atoms with E-state index in [1.807, 2.05) is 17.0 Å². The van der Waals surface area contributed by atoms with Crippen LogP contribution in [0.2, 0.25) is 0 Å². The van der Waals surface area contributed by atoms with Crippen LogP contribution in [0.25, 0.3) is 0 Å². The molecule has 0 saturated carbocycles. The molecule has 0 atom stereocenters. The number of benzene rings is 1. The van der Waals surface area contributed by atoms with E-state index >= 15 is 0 Å². The van der Waals surface area contributed by atoms with E-state index in [2.05, 4.69) is 33.0 Å². The lowest BCUT2D eigenvalue weighted by Gasteiger charge is -2.34. The lowest BCUT2D eigenvalue weighted by Crippen LogP contribution is -2.48. The van der Waals surface area contributed by atoms with Crippen LogP contribution in [0.3, 0.4) is 0 Å². The fraction of sp³-hybridized carbons (Fsp3) is 0.312. The van der Waals surface area contributed by atoms with E-state index in [0.717, 1.165) is 36.5 Å². The van der Waals surface area contributed by atoms with E-state index in [-0.39, 0.29) is 5.91 Å². The standard InChI is InChI=1S/C16H18BrN3OS/c17-15-5-4-14(22-15)11-19-6-8-20(9-7-19)16(21)12-2-1-3-13(18)10-12/h1-5,10H,6-9,11,18H2. The van der Waals surface area contributed by atoms with Gasteiger partial charge in [0.15, 0.2) is 0 Å². The second-order valence-corrected chi connectivity index (χ2v) is 7.95. The predicted molar refractivity (Wildman–Crippen MR) is 94.1 cm³/mol. The number of anilines is 1. The molecule has 1 aliphatic rings. The van der Waals surface area contributed by atoms with E-state index in [4.69, 9.17) is 5.73 Å². The summed E-state index contributed by atoms with van der Waals surface area (Å²) in [5, 5.41) is 0. The van der Waals surface area contributed by atoms with Gasteiger partial charge in [-0.05, 0) is 46.3 Å². The zero-order valence-electron chi connectivity index (χ0n) is 12.2. The molecule has 1 aromatic carbocycles. The predicted octanol–water partition coefficient (Wildman–Crippen LogP) is 3.05. The molecule has 1 amide bonds. The third-order valence-corrected chi connectivity index (χ3v) is 5.41. The summed E-state index contributed by atoms with van der Waals surface area (Å²) >= 11 is 5.26. The maximum atomic E-state index is 12.5. The zero-order valence-corrected chi connectivity index (χ0v) is 14.6. The van der Waals surface area contributed by atoms with Crippen LogP contribution in [0.1, 0.15) is 15.2 Å². The van der Waals surface area contributed by atoms with Crippen molar-refractivity contribution in [1.29, 1.82) is 0 Å². The molecule has 2 heterocycles. The van der Waals surface area contributed by atoms with Crippen molar-refractivity contribution in [2.75, 3.05) is 31.9 Å². The smallest absolute Gasteiger partial charge is 0.254 e. The van der Waals surface area contributed by atoms with Gasteiger partial charge in [0.1, 0.15) is 0 Å². The van der Waals surface area contributed by atoms with Crippen molar-refractivity contribution in [2.45, 2.75) is 6.54 Å². The molecule has 1 aliphatic heterocycles. The van der Waals surface area contributed by atoms with Gasteiger partial charge in [0, 0.05) is 48.9 Å². The molecule has 22 heavy (non-hydrogen) atoms. The summed E-state index contributed by atoms with van der Waals surface area (Å²) in [6.45, 7) is 4.30. The Kier molecular flexibility index (Phi) is 4.81. The average molecular weight is 380 g/mol. The molecule has 0 spiro atoms. The van der Waals surface area contributed by atoms with Crippen molar-refractivity contribution in [1.82, 2.24) is 9.80 Å². The van der Waals surface area contributed by atoms with Crippen molar-refractivity contribution in [3.63, 3.8) is 0 Å². The first kappa shape index (κ1) is 15.5. The highest BCUT2D eigenvalue weighted by Crippen LogP contribution is 2.23. The first-order valence-corrected chi connectivity index (χ1v) is 8.84. The number of nitrogens with two attached hydrogens (primary N) is 1. The molecule has 1 saturated heterocycles.